The lowest BCUT2D eigenvalue weighted by molar-refractivity contribution is 0.0373. The molecule has 1 aliphatic rings. The van der Waals surface area contributed by atoms with Crippen molar-refractivity contribution in [2.75, 3.05) is 0 Å². The van der Waals surface area contributed by atoms with Crippen molar-refractivity contribution >= 4 is 22.1 Å². The van der Waals surface area contributed by atoms with Crippen molar-refractivity contribution < 1.29 is 27.3 Å². The summed E-state index contributed by atoms with van der Waals surface area (Å²) in [5.41, 5.74) is -0.677. The first-order chi connectivity index (χ1) is 6.91. The van der Waals surface area contributed by atoms with E-state index in [0.717, 1.165) is 12.1 Å². The van der Waals surface area contributed by atoms with Crippen molar-refractivity contribution in [1.29, 1.82) is 0 Å². The number of rotatable bonds is 1. The fourth-order valence-corrected chi connectivity index (χ4v) is 2.19. The third-order valence-electron chi connectivity index (χ3n) is 1.90. The van der Waals surface area contributed by atoms with Gasteiger partial charge in [-0.1, -0.05) is 6.07 Å². The molecule has 15 heavy (non-hydrogen) atoms. The Balaban J connectivity index is 2.90. The summed E-state index contributed by atoms with van der Waals surface area (Å²) >= 11 is 0. The summed E-state index contributed by atoms with van der Waals surface area (Å²) in [6.45, 7) is 0. The van der Waals surface area contributed by atoms with Gasteiger partial charge in [0.05, 0.1) is 11.1 Å². The zero-order chi connectivity index (χ0) is 11.2. The van der Waals surface area contributed by atoms with Crippen LogP contribution >= 0.6 is 0 Å². The fourth-order valence-electron chi connectivity index (χ4n) is 1.33. The van der Waals surface area contributed by atoms with Crippen molar-refractivity contribution in [3.63, 3.8) is 0 Å². The molecule has 0 atom stereocenters. The number of hydrogen-bond donors (Lipinski definition) is 1. The van der Waals surface area contributed by atoms with Crippen LogP contribution in [0.3, 0.4) is 0 Å². The maximum atomic E-state index is 11.1. The number of carbonyl (C=O) groups excluding carboxylic acids is 2. The van der Waals surface area contributed by atoms with E-state index in [1.807, 2.05) is 0 Å². The molecular weight excluding hydrogens is 224 g/mol. The van der Waals surface area contributed by atoms with Crippen molar-refractivity contribution in [3.8, 4) is 0 Å². The van der Waals surface area contributed by atoms with Gasteiger partial charge in [-0.2, -0.15) is 8.42 Å². The van der Waals surface area contributed by atoms with Gasteiger partial charge in [0, 0.05) is 0 Å². The standard InChI is InChI=1S/C8H4O6S/c9-7-4-2-1-3-5(8(10)14-7)6(4)15(11,12)13/h1-3H,(H,11,12,13). The molecule has 1 aliphatic heterocycles. The van der Waals surface area contributed by atoms with Crippen LogP contribution in [0.5, 0.6) is 0 Å². The van der Waals surface area contributed by atoms with Crippen LogP contribution in [0.1, 0.15) is 20.7 Å². The van der Waals surface area contributed by atoms with E-state index in [1.165, 1.54) is 6.07 Å². The smallest absolute Gasteiger partial charge is 0.347 e. The highest BCUT2D eigenvalue weighted by molar-refractivity contribution is 7.86. The molecule has 78 valence electrons. The average Bonchev–Trinajstić information content (AvgIpc) is 2.13. The lowest BCUT2D eigenvalue weighted by Crippen LogP contribution is -2.24. The zero-order valence-electron chi connectivity index (χ0n) is 7.13. The van der Waals surface area contributed by atoms with Gasteiger partial charge in [-0.05, 0) is 12.1 Å². The Morgan fingerprint density at radius 3 is 1.93 bits per heavy atom. The molecule has 0 amide bonds. The molecule has 2 rings (SSSR count). The van der Waals surface area contributed by atoms with Crippen LogP contribution < -0.4 is 0 Å². The number of ether oxygens (including phenoxy) is 1. The molecule has 1 aromatic carbocycles. The van der Waals surface area contributed by atoms with Crippen LogP contribution in [0.4, 0.5) is 0 Å². The minimum absolute atomic E-state index is 0.338. The summed E-state index contributed by atoms with van der Waals surface area (Å²) in [7, 11) is -4.61. The van der Waals surface area contributed by atoms with Crippen molar-refractivity contribution in [3.05, 3.63) is 29.3 Å². The molecule has 0 saturated carbocycles. The normalized spacial score (nSPS) is 15.0. The largest absolute Gasteiger partial charge is 0.386 e. The van der Waals surface area contributed by atoms with Crippen LogP contribution in [-0.2, 0) is 14.9 Å². The molecule has 0 unspecified atom stereocenters. The van der Waals surface area contributed by atoms with Crippen LogP contribution in [0.25, 0.3) is 0 Å². The Kier molecular flexibility index (Phi) is 1.88. The Hall–Kier alpha value is -1.73. The Bertz CT molecular complexity index is 539. The molecule has 0 saturated heterocycles. The summed E-state index contributed by atoms with van der Waals surface area (Å²) < 4.78 is 35.0. The van der Waals surface area contributed by atoms with Crippen LogP contribution in [-0.4, -0.2) is 24.9 Å². The second-order valence-electron chi connectivity index (χ2n) is 2.83. The highest BCUT2D eigenvalue weighted by Gasteiger charge is 2.34. The average molecular weight is 228 g/mol. The molecule has 7 heteroatoms. The van der Waals surface area contributed by atoms with E-state index < -0.39 is 27.0 Å². The second-order valence-corrected chi connectivity index (χ2v) is 4.19. The molecule has 0 aliphatic carbocycles. The van der Waals surface area contributed by atoms with Crippen LogP contribution in [0, 0.1) is 0 Å². The Morgan fingerprint density at radius 2 is 1.53 bits per heavy atom. The topological polar surface area (TPSA) is 97.7 Å². The quantitative estimate of drug-likeness (QED) is 0.420. The second kappa shape index (κ2) is 2.88. The van der Waals surface area contributed by atoms with E-state index in [4.69, 9.17) is 4.55 Å². The highest BCUT2D eigenvalue weighted by atomic mass is 32.2. The Labute approximate surface area is 84.2 Å². The molecule has 0 aromatic heterocycles. The summed E-state index contributed by atoms with van der Waals surface area (Å²) in [5, 5.41) is 0. The van der Waals surface area contributed by atoms with Crippen molar-refractivity contribution in [1.82, 2.24) is 0 Å². The summed E-state index contributed by atoms with van der Waals surface area (Å²) in [4.78, 5) is 21.5. The maximum absolute atomic E-state index is 11.1. The molecular formula is C8H4O6S. The SMILES string of the molecule is O=C1OC(=O)c2cccc1c2S(=O)(=O)O. The van der Waals surface area contributed by atoms with Crippen molar-refractivity contribution in [2.45, 2.75) is 4.90 Å². The first kappa shape index (κ1) is 9.81. The van der Waals surface area contributed by atoms with E-state index in [9.17, 15) is 18.0 Å². The summed E-state index contributed by atoms with van der Waals surface area (Å²) in [5.74, 6) is -2.17. The van der Waals surface area contributed by atoms with E-state index in [0.29, 0.717) is 0 Å². The number of esters is 2. The van der Waals surface area contributed by atoms with E-state index in [1.54, 1.807) is 0 Å². The van der Waals surface area contributed by atoms with Crippen LogP contribution in [0.15, 0.2) is 23.1 Å². The van der Waals surface area contributed by atoms with Gasteiger partial charge < -0.3 is 4.74 Å². The molecule has 1 heterocycles. The number of benzene rings is 1. The number of fused-ring (bicyclic) bond motifs is 2. The lowest BCUT2D eigenvalue weighted by Gasteiger charge is -2.15. The maximum Gasteiger partial charge on any atom is 0.347 e. The molecule has 0 fully saturated rings. The third kappa shape index (κ3) is 1.41. The number of carbonyl (C=O) groups is 2. The fraction of sp³-hybridized carbons (Fsp3) is 0. The molecule has 2 bridgehead atoms. The van der Waals surface area contributed by atoms with Gasteiger partial charge >= 0.3 is 11.9 Å². The number of cyclic esters (lactones) is 2. The van der Waals surface area contributed by atoms with Gasteiger partial charge in [-0.25, -0.2) is 9.59 Å². The third-order valence-corrected chi connectivity index (χ3v) is 2.85. The molecule has 0 spiro atoms. The molecule has 6 nitrogen and oxygen atoms in total. The highest BCUT2D eigenvalue weighted by Crippen LogP contribution is 2.26. The summed E-state index contributed by atoms with van der Waals surface area (Å²) in [6.07, 6.45) is 0. The predicted octanol–water partition coefficient (Wildman–Crippen LogP) is 0.244. The predicted molar refractivity (Wildman–Crippen MR) is 46.0 cm³/mol. The van der Waals surface area contributed by atoms with E-state index in [-0.39, 0.29) is 11.1 Å². The zero-order valence-corrected chi connectivity index (χ0v) is 7.95. The molecule has 1 N–H and O–H groups in total. The van der Waals surface area contributed by atoms with Crippen LogP contribution in [0.2, 0.25) is 0 Å². The summed E-state index contributed by atoms with van der Waals surface area (Å²) in [6, 6.07) is 3.64. The Morgan fingerprint density at radius 1 is 1.07 bits per heavy atom. The minimum atomic E-state index is -4.61. The van der Waals surface area contributed by atoms with Gasteiger partial charge in [0.25, 0.3) is 10.1 Å². The minimum Gasteiger partial charge on any atom is -0.386 e. The van der Waals surface area contributed by atoms with Gasteiger partial charge in [0.2, 0.25) is 0 Å². The lowest BCUT2D eigenvalue weighted by atomic mass is 10.1. The van der Waals surface area contributed by atoms with Gasteiger partial charge in [-0.15, -0.1) is 0 Å². The van der Waals surface area contributed by atoms with E-state index in [2.05, 4.69) is 4.74 Å². The first-order valence-electron chi connectivity index (χ1n) is 3.78. The number of hydrogen-bond acceptors (Lipinski definition) is 5. The van der Waals surface area contributed by atoms with Gasteiger partial charge in [0.1, 0.15) is 4.90 Å². The van der Waals surface area contributed by atoms with Crippen molar-refractivity contribution in [2.24, 2.45) is 0 Å². The molecule has 1 aromatic rings. The van der Waals surface area contributed by atoms with Gasteiger partial charge in [-0.3, -0.25) is 4.55 Å². The first-order valence-corrected chi connectivity index (χ1v) is 5.22. The molecule has 0 radical (unpaired) electrons. The van der Waals surface area contributed by atoms with Gasteiger partial charge in [0.15, 0.2) is 0 Å². The monoisotopic (exact) mass is 228 g/mol. The van der Waals surface area contributed by atoms with E-state index >= 15 is 0 Å².